The van der Waals surface area contributed by atoms with E-state index in [1.54, 1.807) is 19.2 Å². The van der Waals surface area contributed by atoms with Gasteiger partial charge in [-0.15, -0.1) is 24.0 Å². The Balaban J connectivity index is 0.00000300. The van der Waals surface area contributed by atoms with Crippen molar-refractivity contribution in [2.24, 2.45) is 4.99 Å². The fourth-order valence-electron chi connectivity index (χ4n) is 3.99. The number of guanidine groups is 1. The van der Waals surface area contributed by atoms with Gasteiger partial charge in [-0.25, -0.2) is 0 Å². The first-order valence-electron chi connectivity index (χ1n) is 9.92. The molecule has 0 spiro atoms. The number of nitrogens with zero attached hydrogens (tertiary/aromatic N) is 2. The molecule has 0 aromatic heterocycles. The molecule has 1 atom stereocenters. The van der Waals surface area contributed by atoms with Crippen molar-refractivity contribution in [1.82, 2.24) is 15.5 Å². The molecule has 3 rings (SSSR count). The maximum absolute atomic E-state index is 12.3. The van der Waals surface area contributed by atoms with E-state index in [1.807, 2.05) is 6.07 Å². The fraction of sp³-hybridized carbons (Fsp3) is 0.650. The standard InChI is InChI=1S/C20H29F3N4O.HI/c1-24-19(26-16-9-10-27(13-16)17-6-2-3-7-17)25-12-15-5-4-8-18(11-15)28-14-20(21,22)23;/h4-5,8,11,16-17H,2-3,6-7,9-10,12-14H2,1H3,(H2,24,25,26);1H. The van der Waals surface area contributed by atoms with Gasteiger partial charge in [0.15, 0.2) is 12.6 Å². The maximum Gasteiger partial charge on any atom is 0.422 e. The number of likely N-dealkylation sites (tertiary alicyclic amines) is 1. The van der Waals surface area contributed by atoms with Crippen LogP contribution < -0.4 is 15.4 Å². The lowest BCUT2D eigenvalue weighted by molar-refractivity contribution is -0.153. The largest absolute Gasteiger partial charge is 0.484 e. The van der Waals surface area contributed by atoms with E-state index in [0.29, 0.717) is 18.5 Å². The van der Waals surface area contributed by atoms with E-state index in [4.69, 9.17) is 4.74 Å². The van der Waals surface area contributed by atoms with Gasteiger partial charge in [0.1, 0.15) is 5.75 Å². The predicted octanol–water partition coefficient (Wildman–Crippen LogP) is 3.93. The fourth-order valence-corrected chi connectivity index (χ4v) is 3.99. The van der Waals surface area contributed by atoms with Crippen molar-refractivity contribution >= 4 is 29.9 Å². The molecule has 9 heteroatoms. The zero-order chi connectivity index (χ0) is 20.0. The molecule has 0 radical (unpaired) electrons. The van der Waals surface area contributed by atoms with Gasteiger partial charge in [-0.05, 0) is 37.0 Å². The molecule has 0 bridgehead atoms. The summed E-state index contributed by atoms with van der Waals surface area (Å²) in [5.41, 5.74) is 0.835. The van der Waals surface area contributed by atoms with Crippen LogP contribution in [0, 0.1) is 0 Å². The van der Waals surface area contributed by atoms with Gasteiger partial charge < -0.3 is 15.4 Å². The maximum atomic E-state index is 12.3. The number of rotatable bonds is 6. The lowest BCUT2D eigenvalue weighted by atomic mass is 10.2. The van der Waals surface area contributed by atoms with Crippen LogP contribution in [0.3, 0.4) is 0 Å². The van der Waals surface area contributed by atoms with E-state index >= 15 is 0 Å². The van der Waals surface area contributed by atoms with E-state index < -0.39 is 12.8 Å². The normalized spacial score (nSPS) is 21.1. The summed E-state index contributed by atoms with van der Waals surface area (Å²) in [6, 6.07) is 7.78. The molecule has 2 fully saturated rings. The van der Waals surface area contributed by atoms with Gasteiger partial charge in [0.05, 0.1) is 0 Å². The summed E-state index contributed by atoms with van der Waals surface area (Å²) in [5, 5.41) is 6.71. The lowest BCUT2D eigenvalue weighted by Crippen LogP contribution is -2.45. The molecule has 1 aromatic rings. The minimum atomic E-state index is -4.34. The lowest BCUT2D eigenvalue weighted by Gasteiger charge is -2.24. The summed E-state index contributed by atoms with van der Waals surface area (Å²) in [5.74, 6) is 0.919. The minimum Gasteiger partial charge on any atom is -0.484 e. The van der Waals surface area contributed by atoms with Crippen LogP contribution in [0.5, 0.6) is 5.75 Å². The van der Waals surface area contributed by atoms with Gasteiger partial charge in [0.25, 0.3) is 0 Å². The highest BCUT2D eigenvalue weighted by atomic mass is 127. The highest BCUT2D eigenvalue weighted by Crippen LogP contribution is 2.26. The Labute approximate surface area is 187 Å². The Morgan fingerprint density at radius 3 is 2.69 bits per heavy atom. The first-order valence-corrected chi connectivity index (χ1v) is 9.92. The minimum absolute atomic E-state index is 0. The van der Waals surface area contributed by atoms with Crippen molar-refractivity contribution in [1.29, 1.82) is 0 Å². The summed E-state index contributed by atoms with van der Waals surface area (Å²) in [6.07, 6.45) is 2.06. The molecule has 0 amide bonds. The van der Waals surface area contributed by atoms with Crippen molar-refractivity contribution in [2.75, 3.05) is 26.7 Å². The average Bonchev–Trinajstić information content (AvgIpc) is 3.35. The van der Waals surface area contributed by atoms with Crippen molar-refractivity contribution in [3.8, 4) is 5.75 Å². The third-order valence-electron chi connectivity index (χ3n) is 5.39. The second-order valence-corrected chi connectivity index (χ2v) is 7.54. The molecule has 2 aliphatic rings. The van der Waals surface area contributed by atoms with Crippen LogP contribution in [0.2, 0.25) is 0 Å². The molecule has 5 nitrogen and oxygen atoms in total. The second kappa shape index (κ2) is 11.2. The molecular weight excluding hydrogens is 496 g/mol. The SMILES string of the molecule is CN=C(NCc1cccc(OCC(F)(F)F)c1)NC1CCN(C2CCCC2)C1.I. The number of nitrogens with one attached hydrogen (secondary N) is 2. The van der Waals surface area contributed by atoms with E-state index in [9.17, 15) is 13.2 Å². The molecule has 1 unspecified atom stereocenters. The number of benzene rings is 1. The van der Waals surface area contributed by atoms with Gasteiger partial charge in [0.2, 0.25) is 0 Å². The first-order chi connectivity index (χ1) is 13.4. The van der Waals surface area contributed by atoms with E-state index in [2.05, 4.69) is 20.5 Å². The van der Waals surface area contributed by atoms with E-state index in [0.717, 1.165) is 31.1 Å². The van der Waals surface area contributed by atoms with Gasteiger partial charge in [-0.1, -0.05) is 25.0 Å². The summed E-state index contributed by atoms with van der Waals surface area (Å²) >= 11 is 0. The highest BCUT2D eigenvalue weighted by Gasteiger charge is 2.30. The van der Waals surface area contributed by atoms with Crippen LogP contribution >= 0.6 is 24.0 Å². The van der Waals surface area contributed by atoms with Crippen LogP contribution in [-0.4, -0.2) is 55.9 Å². The Hall–Kier alpha value is -1.23. The molecular formula is C20H30F3IN4O. The third kappa shape index (κ3) is 7.84. The molecule has 1 aromatic carbocycles. The van der Waals surface area contributed by atoms with Crippen molar-refractivity contribution in [3.63, 3.8) is 0 Å². The van der Waals surface area contributed by atoms with Crippen LogP contribution in [0.25, 0.3) is 0 Å². The van der Waals surface area contributed by atoms with Gasteiger partial charge in [0, 0.05) is 38.8 Å². The van der Waals surface area contributed by atoms with Crippen molar-refractivity contribution in [2.45, 2.75) is 56.9 Å². The predicted molar refractivity (Wildman–Crippen MR) is 119 cm³/mol. The smallest absolute Gasteiger partial charge is 0.422 e. The summed E-state index contributed by atoms with van der Waals surface area (Å²) in [7, 11) is 1.72. The summed E-state index contributed by atoms with van der Waals surface area (Å²) in [4.78, 5) is 6.86. The second-order valence-electron chi connectivity index (χ2n) is 7.54. The molecule has 1 saturated heterocycles. The Bertz CT molecular complexity index is 665. The van der Waals surface area contributed by atoms with Crippen LogP contribution in [0.15, 0.2) is 29.3 Å². The molecule has 1 heterocycles. The Morgan fingerprint density at radius 2 is 2.00 bits per heavy atom. The molecule has 1 aliphatic heterocycles. The zero-order valence-electron chi connectivity index (χ0n) is 16.7. The highest BCUT2D eigenvalue weighted by molar-refractivity contribution is 14.0. The number of alkyl halides is 3. The Kier molecular flexibility index (Phi) is 9.32. The number of halogens is 4. The van der Waals surface area contributed by atoms with Gasteiger partial charge >= 0.3 is 6.18 Å². The van der Waals surface area contributed by atoms with E-state index in [-0.39, 0.29) is 29.7 Å². The van der Waals surface area contributed by atoms with Crippen molar-refractivity contribution in [3.05, 3.63) is 29.8 Å². The summed E-state index contributed by atoms with van der Waals surface area (Å²) in [6.45, 7) is 1.33. The van der Waals surface area contributed by atoms with Gasteiger partial charge in [-0.3, -0.25) is 9.89 Å². The average molecular weight is 526 g/mol. The Morgan fingerprint density at radius 1 is 1.24 bits per heavy atom. The third-order valence-corrected chi connectivity index (χ3v) is 5.39. The van der Waals surface area contributed by atoms with Crippen LogP contribution in [0.4, 0.5) is 13.2 Å². The van der Waals surface area contributed by atoms with Crippen LogP contribution in [-0.2, 0) is 6.54 Å². The number of aliphatic imine (C=N–C) groups is 1. The molecule has 2 N–H and O–H groups in total. The number of ether oxygens (including phenoxy) is 1. The number of hydrogen-bond acceptors (Lipinski definition) is 3. The summed E-state index contributed by atoms with van der Waals surface area (Å²) < 4.78 is 41.7. The van der Waals surface area contributed by atoms with E-state index in [1.165, 1.54) is 31.7 Å². The first kappa shape index (κ1) is 24.0. The molecule has 29 heavy (non-hydrogen) atoms. The molecule has 164 valence electrons. The zero-order valence-corrected chi connectivity index (χ0v) is 19.0. The van der Waals surface area contributed by atoms with Crippen molar-refractivity contribution < 1.29 is 17.9 Å². The van der Waals surface area contributed by atoms with Gasteiger partial charge in [-0.2, -0.15) is 13.2 Å². The molecule has 1 aliphatic carbocycles. The van der Waals surface area contributed by atoms with Crippen LogP contribution in [0.1, 0.15) is 37.7 Å². The molecule has 1 saturated carbocycles. The topological polar surface area (TPSA) is 48.9 Å². The monoisotopic (exact) mass is 526 g/mol. The number of hydrogen-bond donors (Lipinski definition) is 2. The quantitative estimate of drug-likeness (QED) is 0.335.